The number of hydrogen-bond acceptors (Lipinski definition) is 3. The highest BCUT2D eigenvalue weighted by molar-refractivity contribution is 5.16. The Morgan fingerprint density at radius 2 is 2.05 bits per heavy atom. The molecule has 19 heavy (non-hydrogen) atoms. The Kier molecular flexibility index (Phi) is 4.86. The Labute approximate surface area is 117 Å². The third-order valence-corrected chi connectivity index (χ3v) is 4.46. The Morgan fingerprint density at radius 1 is 1.32 bits per heavy atom. The summed E-state index contributed by atoms with van der Waals surface area (Å²) in [5.74, 6) is 1.26. The molecule has 108 valence electrons. The van der Waals surface area contributed by atoms with Gasteiger partial charge in [-0.3, -0.25) is 5.32 Å². The van der Waals surface area contributed by atoms with Crippen LogP contribution in [0.25, 0.3) is 0 Å². The first kappa shape index (κ1) is 14.8. The summed E-state index contributed by atoms with van der Waals surface area (Å²) in [6.07, 6.45) is 7.62. The Bertz CT molecular complexity index is 332. The smallest absolute Gasteiger partial charge is 0.133 e. The molecular weight excluding hydrogens is 236 g/mol. The molecule has 3 atom stereocenters. The predicted octanol–water partition coefficient (Wildman–Crippen LogP) is 3.25. The fraction of sp³-hybridized carbons (Fsp3) is 0.938. The van der Waals surface area contributed by atoms with Crippen molar-refractivity contribution in [3.8, 4) is 6.07 Å². The molecule has 0 aromatic carbocycles. The zero-order valence-corrected chi connectivity index (χ0v) is 12.6. The molecular formula is C16H28N2O. The number of ether oxygens (including phenoxy) is 1. The molecule has 3 nitrogen and oxygen atoms in total. The van der Waals surface area contributed by atoms with Crippen LogP contribution < -0.4 is 5.32 Å². The van der Waals surface area contributed by atoms with Crippen LogP contribution in [0.3, 0.4) is 0 Å². The summed E-state index contributed by atoms with van der Waals surface area (Å²) in [4.78, 5) is 0. The lowest BCUT2D eigenvalue weighted by molar-refractivity contribution is -0.0129. The van der Waals surface area contributed by atoms with Gasteiger partial charge in [-0.15, -0.1) is 0 Å². The number of nitrogens with zero attached hydrogens (tertiary/aromatic N) is 1. The maximum atomic E-state index is 9.62. The minimum Gasteiger partial charge on any atom is -0.375 e. The topological polar surface area (TPSA) is 45.0 Å². The molecule has 0 saturated heterocycles. The minimum atomic E-state index is -0.450. The van der Waals surface area contributed by atoms with Crippen LogP contribution in [0.4, 0.5) is 0 Å². The molecule has 2 aliphatic rings. The van der Waals surface area contributed by atoms with Crippen molar-refractivity contribution in [2.45, 2.75) is 77.0 Å². The van der Waals surface area contributed by atoms with Gasteiger partial charge in [-0.2, -0.15) is 5.26 Å². The van der Waals surface area contributed by atoms with E-state index in [1.165, 1.54) is 12.8 Å². The summed E-state index contributed by atoms with van der Waals surface area (Å²) in [6.45, 7) is 7.08. The van der Waals surface area contributed by atoms with Crippen molar-refractivity contribution in [2.24, 2.45) is 11.8 Å². The lowest BCUT2D eigenvalue weighted by Crippen LogP contribution is -2.53. The maximum absolute atomic E-state index is 9.62. The van der Waals surface area contributed by atoms with E-state index in [4.69, 9.17) is 4.74 Å². The molecule has 2 fully saturated rings. The van der Waals surface area contributed by atoms with E-state index < -0.39 is 5.54 Å². The average molecular weight is 264 g/mol. The van der Waals surface area contributed by atoms with Gasteiger partial charge >= 0.3 is 0 Å². The molecule has 2 saturated carbocycles. The lowest BCUT2D eigenvalue weighted by atomic mass is 9.88. The van der Waals surface area contributed by atoms with Gasteiger partial charge in [0.2, 0.25) is 0 Å². The molecule has 0 radical (unpaired) electrons. The van der Waals surface area contributed by atoms with E-state index in [0.717, 1.165) is 31.6 Å². The number of rotatable bonds is 6. The average Bonchev–Trinajstić information content (AvgIpc) is 3.19. The van der Waals surface area contributed by atoms with Crippen LogP contribution in [0.5, 0.6) is 0 Å². The van der Waals surface area contributed by atoms with Crippen LogP contribution >= 0.6 is 0 Å². The van der Waals surface area contributed by atoms with Gasteiger partial charge in [-0.1, -0.05) is 19.8 Å². The molecule has 1 N–H and O–H groups in total. The van der Waals surface area contributed by atoms with E-state index in [2.05, 4.69) is 32.2 Å². The summed E-state index contributed by atoms with van der Waals surface area (Å²) in [5.41, 5.74) is -0.450. The van der Waals surface area contributed by atoms with Crippen molar-refractivity contribution in [3.63, 3.8) is 0 Å². The second-order valence-corrected chi connectivity index (χ2v) is 6.86. The van der Waals surface area contributed by atoms with Crippen molar-refractivity contribution in [3.05, 3.63) is 0 Å². The predicted molar refractivity (Wildman–Crippen MR) is 76.7 cm³/mol. The normalized spacial score (nSPS) is 30.9. The maximum Gasteiger partial charge on any atom is 0.133 e. The first-order valence-corrected chi connectivity index (χ1v) is 7.86. The third kappa shape index (κ3) is 3.94. The van der Waals surface area contributed by atoms with Crippen molar-refractivity contribution in [2.75, 3.05) is 6.61 Å². The van der Waals surface area contributed by atoms with Crippen molar-refractivity contribution in [1.82, 2.24) is 5.32 Å². The van der Waals surface area contributed by atoms with Gasteiger partial charge in [-0.05, 0) is 51.4 Å². The largest absolute Gasteiger partial charge is 0.375 e. The zero-order chi connectivity index (χ0) is 13.9. The highest BCUT2D eigenvalue weighted by atomic mass is 16.5. The van der Waals surface area contributed by atoms with E-state index >= 15 is 0 Å². The first-order chi connectivity index (χ1) is 9.05. The zero-order valence-electron chi connectivity index (χ0n) is 12.6. The summed E-state index contributed by atoms with van der Waals surface area (Å²) >= 11 is 0. The van der Waals surface area contributed by atoms with Crippen LogP contribution in [-0.2, 0) is 4.74 Å². The van der Waals surface area contributed by atoms with Crippen LogP contribution in [0, 0.1) is 23.2 Å². The Morgan fingerprint density at radius 3 is 2.58 bits per heavy atom. The molecule has 0 heterocycles. The van der Waals surface area contributed by atoms with Crippen LogP contribution in [0.2, 0.25) is 0 Å². The van der Waals surface area contributed by atoms with Gasteiger partial charge in [-0.25, -0.2) is 0 Å². The van der Waals surface area contributed by atoms with E-state index in [1.54, 1.807) is 0 Å². The van der Waals surface area contributed by atoms with Gasteiger partial charge in [0.05, 0.1) is 18.8 Å². The first-order valence-electron chi connectivity index (χ1n) is 7.86. The molecule has 3 heteroatoms. The highest BCUT2D eigenvalue weighted by Gasteiger charge is 2.46. The summed E-state index contributed by atoms with van der Waals surface area (Å²) in [7, 11) is 0. The fourth-order valence-corrected chi connectivity index (χ4v) is 3.30. The molecule has 0 aromatic heterocycles. The van der Waals surface area contributed by atoms with E-state index in [-0.39, 0.29) is 0 Å². The number of hydrogen-bond donors (Lipinski definition) is 1. The van der Waals surface area contributed by atoms with Crippen LogP contribution in [0.15, 0.2) is 0 Å². The van der Waals surface area contributed by atoms with Crippen molar-refractivity contribution in [1.29, 1.82) is 5.26 Å². The van der Waals surface area contributed by atoms with Crippen LogP contribution in [-0.4, -0.2) is 24.3 Å². The second kappa shape index (κ2) is 6.24. The van der Waals surface area contributed by atoms with E-state index in [9.17, 15) is 5.26 Å². The Balaban J connectivity index is 1.91. The molecule has 3 unspecified atom stereocenters. The summed E-state index contributed by atoms with van der Waals surface area (Å²) in [5, 5.41) is 13.1. The molecule has 0 aromatic rings. The molecule has 0 spiro atoms. The van der Waals surface area contributed by atoms with Gasteiger partial charge in [0.25, 0.3) is 0 Å². The Hall–Kier alpha value is -0.590. The van der Waals surface area contributed by atoms with E-state index in [1.807, 2.05) is 0 Å². The summed E-state index contributed by atoms with van der Waals surface area (Å²) in [6, 6.07) is 2.85. The molecule has 2 rings (SSSR count). The fourth-order valence-electron chi connectivity index (χ4n) is 3.30. The summed E-state index contributed by atoms with van der Waals surface area (Å²) < 4.78 is 6.13. The second-order valence-electron chi connectivity index (χ2n) is 6.86. The molecule has 0 aliphatic heterocycles. The van der Waals surface area contributed by atoms with Crippen molar-refractivity contribution < 1.29 is 4.74 Å². The molecule has 0 amide bonds. The molecule has 0 bridgehead atoms. The van der Waals surface area contributed by atoms with Gasteiger partial charge < -0.3 is 4.74 Å². The SMILES string of the molecule is CC1CCCC(OCC(C#N)(NC(C)C)C2CC2)C1. The number of nitrogens with one attached hydrogen (secondary N) is 1. The minimum absolute atomic E-state index is 0.328. The van der Waals surface area contributed by atoms with Gasteiger partial charge in [0.1, 0.15) is 5.54 Å². The van der Waals surface area contributed by atoms with Gasteiger partial charge in [0, 0.05) is 6.04 Å². The third-order valence-electron chi connectivity index (χ3n) is 4.46. The van der Waals surface area contributed by atoms with Crippen molar-refractivity contribution >= 4 is 0 Å². The van der Waals surface area contributed by atoms with Crippen LogP contribution in [0.1, 0.15) is 59.3 Å². The quantitative estimate of drug-likeness (QED) is 0.801. The molecule has 2 aliphatic carbocycles. The number of nitriles is 1. The monoisotopic (exact) mass is 264 g/mol. The van der Waals surface area contributed by atoms with Gasteiger partial charge in [0.15, 0.2) is 0 Å². The lowest BCUT2D eigenvalue weighted by Gasteiger charge is -2.34. The highest BCUT2D eigenvalue weighted by Crippen LogP contribution is 2.40. The van der Waals surface area contributed by atoms with E-state index in [0.29, 0.717) is 24.7 Å². The standard InChI is InChI=1S/C16H28N2O/c1-12(2)18-16(10-17,14-7-8-14)11-19-15-6-4-5-13(3)9-15/h12-15,18H,4-9,11H2,1-3H3.